The van der Waals surface area contributed by atoms with Gasteiger partial charge in [0, 0.05) is 42.8 Å². The number of nitrogens with zero attached hydrogens (tertiary/aromatic N) is 1. The zero-order valence-corrected chi connectivity index (χ0v) is 23.6. The summed E-state index contributed by atoms with van der Waals surface area (Å²) in [6.07, 6.45) is 3.36. The van der Waals surface area contributed by atoms with E-state index in [1.54, 1.807) is 25.4 Å². The number of amides is 1. The molecule has 2 aromatic carbocycles. The third-order valence-corrected chi connectivity index (χ3v) is 9.21. The molecule has 1 aromatic heterocycles. The van der Waals surface area contributed by atoms with Gasteiger partial charge in [0.05, 0.1) is 31.1 Å². The second-order valence-electron chi connectivity index (χ2n) is 10.0. The number of piperidine rings is 1. The maximum absolute atomic E-state index is 12.5. The van der Waals surface area contributed by atoms with Gasteiger partial charge >= 0.3 is 0 Å². The molecule has 0 spiro atoms. The number of benzene rings is 2. The normalized spacial score (nSPS) is 15.3. The van der Waals surface area contributed by atoms with Gasteiger partial charge in [-0.2, -0.15) is 0 Å². The Bertz CT molecular complexity index is 1420. The molecule has 0 unspecified atom stereocenters. The van der Waals surface area contributed by atoms with Gasteiger partial charge in [0.25, 0.3) is 5.91 Å². The van der Waals surface area contributed by atoms with Crippen LogP contribution in [0.5, 0.6) is 11.5 Å². The van der Waals surface area contributed by atoms with Crippen molar-refractivity contribution in [3.8, 4) is 22.6 Å². The molecule has 1 aliphatic rings. The minimum absolute atomic E-state index is 0.107. The van der Waals surface area contributed by atoms with Crippen molar-refractivity contribution in [2.75, 3.05) is 33.1 Å². The molecule has 9 nitrogen and oxygen atoms in total. The van der Waals surface area contributed by atoms with Crippen LogP contribution in [0.15, 0.2) is 30.5 Å². The Morgan fingerprint density at radius 2 is 1.82 bits per heavy atom. The minimum atomic E-state index is -3.21. The molecule has 206 valence electrons. The average molecular weight is 543 g/mol. The Kier molecular flexibility index (Phi) is 8.34. The van der Waals surface area contributed by atoms with Gasteiger partial charge in [-0.3, -0.25) is 4.79 Å². The molecule has 38 heavy (non-hydrogen) atoms. The van der Waals surface area contributed by atoms with Crippen molar-refractivity contribution >= 4 is 26.8 Å². The quantitative estimate of drug-likeness (QED) is 0.356. The zero-order valence-electron chi connectivity index (χ0n) is 22.8. The van der Waals surface area contributed by atoms with Crippen LogP contribution in [0.25, 0.3) is 22.0 Å². The fourth-order valence-corrected chi connectivity index (χ4v) is 6.37. The first kappa shape index (κ1) is 27.9. The highest BCUT2D eigenvalue weighted by Crippen LogP contribution is 2.40. The molecule has 1 fully saturated rings. The first-order valence-electron chi connectivity index (χ1n) is 13.0. The van der Waals surface area contributed by atoms with E-state index in [0.29, 0.717) is 55.1 Å². The molecule has 0 aliphatic carbocycles. The summed E-state index contributed by atoms with van der Waals surface area (Å²) < 4.78 is 37.6. The first-order valence-corrected chi connectivity index (χ1v) is 14.6. The fraction of sp³-hybridized carbons (Fsp3) is 0.464. The maximum atomic E-state index is 12.5. The number of carbonyl (C=O) groups is 1. The fourth-order valence-electron chi connectivity index (χ4n) is 5.23. The monoisotopic (exact) mass is 542 g/mol. The topological polar surface area (TPSA) is 127 Å². The van der Waals surface area contributed by atoms with Gasteiger partial charge in [-0.1, -0.05) is 13.8 Å². The molecule has 1 amide bonds. The predicted molar refractivity (Wildman–Crippen MR) is 150 cm³/mol. The van der Waals surface area contributed by atoms with Gasteiger partial charge in [0.15, 0.2) is 11.5 Å². The molecule has 1 saturated heterocycles. The number of hydrogen-bond donors (Lipinski definition) is 3. The van der Waals surface area contributed by atoms with Crippen LogP contribution in [0, 0.1) is 0 Å². The Morgan fingerprint density at radius 3 is 2.39 bits per heavy atom. The van der Waals surface area contributed by atoms with E-state index in [9.17, 15) is 13.2 Å². The van der Waals surface area contributed by atoms with E-state index in [1.807, 2.05) is 24.4 Å². The van der Waals surface area contributed by atoms with Crippen LogP contribution in [-0.2, 0) is 16.6 Å². The summed E-state index contributed by atoms with van der Waals surface area (Å²) in [5.74, 6) is 1.02. The van der Waals surface area contributed by atoms with Crippen LogP contribution in [0.4, 0.5) is 0 Å². The number of H-pyrrole nitrogens is 1. The van der Waals surface area contributed by atoms with Gasteiger partial charge in [0.1, 0.15) is 0 Å². The second-order valence-corrected chi connectivity index (χ2v) is 12.3. The third kappa shape index (κ3) is 5.52. The van der Waals surface area contributed by atoms with Crippen molar-refractivity contribution in [3.05, 3.63) is 47.2 Å². The summed E-state index contributed by atoms with van der Waals surface area (Å²) in [6.45, 7) is 7.39. The summed E-state index contributed by atoms with van der Waals surface area (Å²) in [4.78, 5) is 15.8. The van der Waals surface area contributed by atoms with Crippen LogP contribution < -0.4 is 20.5 Å². The molecule has 2 heterocycles. The lowest BCUT2D eigenvalue weighted by Crippen LogP contribution is -2.38. The van der Waals surface area contributed by atoms with Crippen LogP contribution in [-0.4, -0.2) is 62.7 Å². The number of hydrogen-bond acceptors (Lipinski definition) is 6. The second kappa shape index (κ2) is 11.3. The van der Waals surface area contributed by atoms with E-state index in [4.69, 9.17) is 15.2 Å². The third-order valence-electron chi connectivity index (χ3n) is 7.33. The number of nitrogens with two attached hydrogens (primary N) is 1. The smallest absolute Gasteiger partial charge is 0.250 e. The number of sulfonamides is 1. The number of aromatic nitrogens is 1. The predicted octanol–water partition coefficient (Wildman–Crippen LogP) is 3.98. The lowest BCUT2D eigenvalue weighted by Gasteiger charge is -2.31. The lowest BCUT2D eigenvalue weighted by molar-refractivity contribution is 0.100. The Morgan fingerprint density at radius 1 is 1.13 bits per heavy atom. The number of methoxy groups -OCH3 is 2. The summed E-state index contributed by atoms with van der Waals surface area (Å²) in [7, 11) is 0.0212. The molecule has 1 aliphatic heterocycles. The largest absolute Gasteiger partial charge is 0.493 e. The number of fused-ring (bicyclic) bond motifs is 1. The zero-order chi connectivity index (χ0) is 27.6. The molecule has 0 saturated carbocycles. The molecule has 4 rings (SSSR count). The standard InChI is InChI=1S/C28H38N4O5S/c1-6-38(34,35)32-9-7-18(8-10-32)24-16-31-26-22(24)12-20(13-23(26)28(29)33)19-11-21(15-30-17(2)3)27(37-5)25(14-19)36-4/h11-14,16-18,30-31H,6-10,15H2,1-5H3,(H2,29,33). The minimum Gasteiger partial charge on any atom is -0.493 e. The lowest BCUT2D eigenvalue weighted by atomic mass is 9.88. The summed E-state index contributed by atoms with van der Waals surface area (Å²) in [5, 5.41) is 4.35. The number of aromatic amines is 1. The van der Waals surface area contributed by atoms with Crippen molar-refractivity contribution in [1.82, 2.24) is 14.6 Å². The number of rotatable bonds is 10. The number of carbonyl (C=O) groups excluding carboxylic acids is 1. The first-order chi connectivity index (χ1) is 18.1. The Labute approximate surface area is 224 Å². The van der Waals surface area contributed by atoms with Crippen molar-refractivity contribution in [2.45, 2.75) is 52.1 Å². The number of ether oxygens (including phenoxy) is 2. The van der Waals surface area contributed by atoms with E-state index < -0.39 is 15.9 Å². The van der Waals surface area contributed by atoms with Crippen LogP contribution in [0.2, 0.25) is 0 Å². The van der Waals surface area contributed by atoms with Crippen LogP contribution in [0.1, 0.15) is 61.0 Å². The Hall–Kier alpha value is -3.08. The average Bonchev–Trinajstić information content (AvgIpc) is 3.34. The van der Waals surface area contributed by atoms with Gasteiger partial charge in [0.2, 0.25) is 10.0 Å². The van der Waals surface area contributed by atoms with E-state index in [0.717, 1.165) is 27.6 Å². The molecule has 0 bridgehead atoms. The van der Waals surface area contributed by atoms with Crippen molar-refractivity contribution in [2.24, 2.45) is 5.73 Å². The molecule has 3 aromatic rings. The van der Waals surface area contributed by atoms with Crippen molar-refractivity contribution in [1.29, 1.82) is 0 Å². The highest BCUT2D eigenvalue weighted by atomic mass is 32.2. The summed E-state index contributed by atoms with van der Waals surface area (Å²) in [5.41, 5.74) is 10.7. The van der Waals surface area contributed by atoms with Crippen LogP contribution >= 0.6 is 0 Å². The highest BCUT2D eigenvalue weighted by Gasteiger charge is 2.29. The SMILES string of the molecule is CCS(=O)(=O)N1CCC(c2c[nH]c3c(C(N)=O)cc(-c4cc(CNC(C)C)c(OC)c(OC)c4)cc23)CC1. The maximum Gasteiger partial charge on any atom is 0.250 e. The van der Waals surface area contributed by atoms with E-state index in [1.165, 1.54) is 0 Å². The van der Waals surface area contributed by atoms with Gasteiger partial charge in [-0.15, -0.1) is 0 Å². The van der Waals surface area contributed by atoms with Gasteiger partial charge in [-0.25, -0.2) is 12.7 Å². The highest BCUT2D eigenvalue weighted by molar-refractivity contribution is 7.89. The molecule has 0 atom stereocenters. The molecular weight excluding hydrogens is 504 g/mol. The van der Waals surface area contributed by atoms with E-state index in [2.05, 4.69) is 30.2 Å². The Balaban J connectivity index is 1.79. The number of nitrogens with one attached hydrogen (secondary N) is 2. The number of primary amides is 1. The molecule has 4 N–H and O–H groups in total. The van der Waals surface area contributed by atoms with E-state index >= 15 is 0 Å². The van der Waals surface area contributed by atoms with Gasteiger partial charge in [-0.05, 0) is 66.6 Å². The van der Waals surface area contributed by atoms with Crippen molar-refractivity contribution < 1.29 is 22.7 Å². The summed E-state index contributed by atoms with van der Waals surface area (Å²) >= 11 is 0. The molecule has 0 radical (unpaired) electrons. The van der Waals surface area contributed by atoms with Crippen LogP contribution in [0.3, 0.4) is 0 Å². The van der Waals surface area contributed by atoms with Gasteiger partial charge < -0.3 is 25.5 Å². The van der Waals surface area contributed by atoms with E-state index in [-0.39, 0.29) is 17.7 Å². The van der Waals surface area contributed by atoms with Crippen molar-refractivity contribution in [3.63, 3.8) is 0 Å². The molecular formula is C28H38N4O5S. The summed E-state index contributed by atoms with van der Waals surface area (Å²) in [6, 6.07) is 8.12. The molecule has 10 heteroatoms.